The van der Waals surface area contributed by atoms with Gasteiger partial charge in [-0.15, -0.1) is 0 Å². The summed E-state index contributed by atoms with van der Waals surface area (Å²) in [5.41, 5.74) is 5.35. The Labute approximate surface area is 86.8 Å². The van der Waals surface area contributed by atoms with Crippen LogP contribution in [0, 0.1) is 5.92 Å². The van der Waals surface area contributed by atoms with Crippen LogP contribution in [-0.4, -0.2) is 19.0 Å². The fraction of sp³-hybridized carbons (Fsp3) is 0.727. The monoisotopic (exact) mass is 198 g/mol. The topological polar surface area (TPSA) is 55.1 Å². The van der Waals surface area contributed by atoms with Gasteiger partial charge in [-0.2, -0.15) is 0 Å². The van der Waals surface area contributed by atoms with Crippen molar-refractivity contribution in [1.29, 1.82) is 0 Å². The maximum atomic E-state index is 11.2. The first kappa shape index (κ1) is 13.2. The summed E-state index contributed by atoms with van der Waals surface area (Å²) in [5, 5.41) is 2.83. The quantitative estimate of drug-likeness (QED) is 0.480. The molecule has 0 bridgehead atoms. The lowest BCUT2D eigenvalue weighted by molar-refractivity contribution is -0.116. The first-order valence-corrected chi connectivity index (χ1v) is 5.33. The average molecular weight is 198 g/mol. The van der Waals surface area contributed by atoms with E-state index in [-0.39, 0.29) is 5.91 Å². The molecule has 0 aromatic heterocycles. The van der Waals surface area contributed by atoms with Gasteiger partial charge in [-0.25, -0.2) is 0 Å². The highest BCUT2D eigenvalue weighted by atomic mass is 16.1. The van der Waals surface area contributed by atoms with Crippen LogP contribution in [0.15, 0.2) is 12.2 Å². The molecule has 3 heteroatoms. The molecule has 0 saturated heterocycles. The highest BCUT2D eigenvalue weighted by Gasteiger charge is 1.94. The van der Waals surface area contributed by atoms with Gasteiger partial charge < -0.3 is 11.1 Å². The zero-order valence-electron chi connectivity index (χ0n) is 9.25. The van der Waals surface area contributed by atoms with E-state index in [0.717, 1.165) is 32.4 Å². The molecule has 0 aromatic rings. The van der Waals surface area contributed by atoms with Gasteiger partial charge in [0, 0.05) is 6.54 Å². The maximum Gasteiger partial charge on any atom is 0.243 e. The summed E-state index contributed by atoms with van der Waals surface area (Å²) in [6, 6.07) is 0. The van der Waals surface area contributed by atoms with Gasteiger partial charge in [-0.3, -0.25) is 4.79 Å². The molecule has 0 saturated carbocycles. The molecule has 14 heavy (non-hydrogen) atoms. The van der Waals surface area contributed by atoms with E-state index in [1.807, 2.05) is 19.9 Å². The van der Waals surface area contributed by atoms with E-state index >= 15 is 0 Å². The summed E-state index contributed by atoms with van der Waals surface area (Å²) < 4.78 is 0. The Morgan fingerprint density at radius 3 is 2.64 bits per heavy atom. The van der Waals surface area contributed by atoms with Crippen molar-refractivity contribution < 1.29 is 4.79 Å². The minimum Gasteiger partial charge on any atom is -0.353 e. The molecule has 0 aromatic carbocycles. The van der Waals surface area contributed by atoms with E-state index in [9.17, 15) is 4.79 Å². The largest absolute Gasteiger partial charge is 0.353 e. The Balaban J connectivity index is 3.36. The van der Waals surface area contributed by atoms with Crippen LogP contribution in [0.25, 0.3) is 0 Å². The number of hydrogen-bond acceptors (Lipinski definition) is 2. The van der Waals surface area contributed by atoms with Crippen LogP contribution in [-0.2, 0) is 4.79 Å². The number of nitrogens with one attached hydrogen (secondary N) is 1. The Bertz CT molecular complexity index is 176. The smallest absolute Gasteiger partial charge is 0.243 e. The van der Waals surface area contributed by atoms with Crippen molar-refractivity contribution in [3.63, 3.8) is 0 Å². The molecule has 0 unspecified atom stereocenters. The maximum absolute atomic E-state index is 11.2. The van der Waals surface area contributed by atoms with E-state index in [2.05, 4.69) is 5.32 Å². The van der Waals surface area contributed by atoms with Gasteiger partial charge in [-0.05, 0) is 31.4 Å². The summed E-state index contributed by atoms with van der Waals surface area (Å²) in [6.45, 7) is 5.58. The van der Waals surface area contributed by atoms with E-state index in [0.29, 0.717) is 5.92 Å². The molecule has 0 rings (SSSR count). The molecule has 82 valence electrons. The Hall–Kier alpha value is -0.830. The minimum atomic E-state index is 0.00597. The first-order chi connectivity index (χ1) is 6.66. The van der Waals surface area contributed by atoms with Crippen LogP contribution < -0.4 is 11.1 Å². The number of carbonyl (C=O) groups excluding carboxylic acids is 1. The van der Waals surface area contributed by atoms with Crippen molar-refractivity contribution in [2.45, 2.75) is 33.1 Å². The van der Waals surface area contributed by atoms with Crippen LogP contribution in [0.4, 0.5) is 0 Å². The van der Waals surface area contributed by atoms with E-state index in [1.165, 1.54) is 0 Å². The summed E-state index contributed by atoms with van der Waals surface area (Å²) >= 11 is 0. The number of nitrogens with two attached hydrogens (primary N) is 1. The minimum absolute atomic E-state index is 0.00597. The lowest BCUT2D eigenvalue weighted by Gasteiger charge is -2.01. The summed E-state index contributed by atoms with van der Waals surface area (Å²) in [4.78, 5) is 11.2. The van der Waals surface area contributed by atoms with Crippen molar-refractivity contribution in [2.24, 2.45) is 11.7 Å². The normalized spacial score (nSPS) is 11.1. The Morgan fingerprint density at radius 1 is 1.36 bits per heavy atom. The van der Waals surface area contributed by atoms with Crippen LogP contribution in [0.3, 0.4) is 0 Å². The second-order valence-corrected chi connectivity index (χ2v) is 3.74. The zero-order chi connectivity index (χ0) is 10.8. The second kappa shape index (κ2) is 8.75. The average Bonchev–Trinajstić information content (AvgIpc) is 2.14. The predicted octanol–water partition coefficient (Wildman–Crippen LogP) is 1.44. The first-order valence-electron chi connectivity index (χ1n) is 5.33. The van der Waals surface area contributed by atoms with Gasteiger partial charge in [0.15, 0.2) is 0 Å². The number of carbonyl (C=O) groups is 1. The third-order valence-electron chi connectivity index (χ3n) is 1.81. The molecule has 1 amide bonds. The predicted molar refractivity (Wildman–Crippen MR) is 59.9 cm³/mol. The van der Waals surface area contributed by atoms with Gasteiger partial charge in [0.1, 0.15) is 0 Å². The van der Waals surface area contributed by atoms with E-state index in [1.54, 1.807) is 6.08 Å². The highest BCUT2D eigenvalue weighted by molar-refractivity contribution is 5.87. The van der Waals surface area contributed by atoms with Crippen molar-refractivity contribution in [1.82, 2.24) is 5.32 Å². The van der Waals surface area contributed by atoms with E-state index < -0.39 is 0 Å². The van der Waals surface area contributed by atoms with Crippen molar-refractivity contribution in [3.8, 4) is 0 Å². The zero-order valence-corrected chi connectivity index (χ0v) is 9.25. The standard InChI is InChI=1S/C11H22N2O/c1-10(2)6-7-11(14)13-9-5-3-4-8-12/h6-7,10H,3-5,8-9,12H2,1-2H3,(H,13,14)/b7-6+. The summed E-state index contributed by atoms with van der Waals surface area (Å²) in [6.07, 6.45) is 6.64. The molecular weight excluding hydrogens is 176 g/mol. The molecule has 0 heterocycles. The molecule has 0 fully saturated rings. The molecule has 0 radical (unpaired) electrons. The van der Waals surface area contributed by atoms with Gasteiger partial charge in [0.25, 0.3) is 0 Å². The van der Waals surface area contributed by atoms with Gasteiger partial charge in [0.2, 0.25) is 5.91 Å². The molecule has 0 atom stereocenters. The van der Waals surface area contributed by atoms with Crippen molar-refractivity contribution in [2.75, 3.05) is 13.1 Å². The fourth-order valence-electron chi connectivity index (χ4n) is 0.996. The number of allylic oxidation sites excluding steroid dienone is 1. The number of hydrogen-bond donors (Lipinski definition) is 2. The summed E-state index contributed by atoms with van der Waals surface area (Å²) in [5.74, 6) is 0.435. The fourth-order valence-corrected chi connectivity index (χ4v) is 0.996. The van der Waals surface area contributed by atoms with Gasteiger partial charge >= 0.3 is 0 Å². The van der Waals surface area contributed by atoms with Crippen LogP contribution >= 0.6 is 0 Å². The lowest BCUT2D eigenvalue weighted by Crippen LogP contribution is -2.22. The van der Waals surface area contributed by atoms with Crippen LogP contribution in [0.1, 0.15) is 33.1 Å². The Kier molecular flexibility index (Phi) is 8.24. The molecule has 0 spiro atoms. The SMILES string of the molecule is CC(C)/C=C/C(=O)NCCCCCN. The molecule has 0 aliphatic rings. The Morgan fingerprint density at radius 2 is 2.07 bits per heavy atom. The number of rotatable bonds is 7. The van der Waals surface area contributed by atoms with Gasteiger partial charge in [0.05, 0.1) is 0 Å². The van der Waals surface area contributed by atoms with Crippen molar-refractivity contribution >= 4 is 5.91 Å². The van der Waals surface area contributed by atoms with Crippen molar-refractivity contribution in [3.05, 3.63) is 12.2 Å². The molecule has 0 aliphatic carbocycles. The van der Waals surface area contributed by atoms with Crippen LogP contribution in [0.2, 0.25) is 0 Å². The third-order valence-corrected chi connectivity index (χ3v) is 1.81. The lowest BCUT2D eigenvalue weighted by atomic mass is 10.2. The molecule has 3 N–H and O–H groups in total. The van der Waals surface area contributed by atoms with Crippen LogP contribution in [0.5, 0.6) is 0 Å². The molecular formula is C11H22N2O. The number of amides is 1. The second-order valence-electron chi connectivity index (χ2n) is 3.74. The third kappa shape index (κ3) is 9.26. The number of unbranched alkanes of at least 4 members (excludes halogenated alkanes) is 2. The summed E-state index contributed by atoms with van der Waals surface area (Å²) in [7, 11) is 0. The highest BCUT2D eigenvalue weighted by Crippen LogP contribution is 1.93. The molecule has 3 nitrogen and oxygen atoms in total. The van der Waals surface area contributed by atoms with E-state index in [4.69, 9.17) is 5.73 Å². The van der Waals surface area contributed by atoms with Gasteiger partial charge in [-0.1, -0.05) is 26.3 Å². The molecule has 0 aliphatic heterocycles.